The van der Waals surface area contributed by atoms with Gasteiger partial charge in [-0.1, -0.05) is 0 Å². The molecule has 1 aromatic rings. The molecule has 1 heterocycles. The summed E-state index contributed by atoms with van der Waals surface area (Å²) in [6.45, 7) is 6.80. The Kier molecular flexibility index (Phi) is 3.85. The van der Waals surface area contributed by atoms with Crippen LogP contribution in [0.1, 0.15) is 18.3 Å². The molecule has 15 heavy (non-hydrogen) atoms. The molecular formula is C10H19N5. The number of hydrogen-bond donors (Lipinski definition) is 2. The number of hydrogen-bond acceptors (Lipinski definition) is 5. The molecule has 2 N–H and O–H groups in total. The topological polar surface area (TPSA) is 53.1 Å². The van der Waals surface area contributed by atoms with Gasteiger partial charge in [-0.15, -0.1) is 0 Å². The molecule has 0 aromatic carbocycles. The van der Waals surface area contributed by atoms with Crippen molar-refractivity contribution in [3.05, 3.63) is 11.4 Å². The number of hydrazine groups is 1. The number of nitrogens with one attached hydrogen (secondary N) is 2. The van der Waals surface area contributed by atoms with Gasteiger partial charge < -0.3 is 10.7 Å². The van der Waals surface area contributed by atoms with Crippen molar-refractivity contribution in [3.8, 4) is 0 Å². The third-order valence-electron chi connectivity index (χ3n) is 1.93. The average molecular weight is 209 g/mol. The first-order valence-corrected chi connectivity index (χ1v) is 5.07. The van der Waals surface area contributed by atoms with Gasteiger partial charge in [0.25, 0.3) is 0 Å². The van der Waals surface area contributed by atoms with E-state index in [1.165, 1.54) is 0 Å². The molecule has 0 amide bonds. The van der Waals surface area contributed by atoms with E-state index in [-0.39, 0.29) is 0 Å². The van der Waals surface area contributed by atoms with Crippen LogP contribution in [-0.4, -0.2) is 35.6 Å². The predicted octanol–water partition coefficient (Wildman–Crippen LogP) is 1.41. The summed E-state index contributed by atoms with van der Waals surface area (Å²) >= 11 is 0. The van der Waals surface area contributed by atoms with Gasteiger partial charge in [0.1, 0.15) is 17.5 Å². The maximum atomic E-state index is 4.35. The van der Waals surface area contributed by atoms with Gasteiger partial charge in [-0.2, -0.15) is 0 Å². The van der Waals surface area contributed by atoms with Crippen LogP contribution in [0.25, 0.3) is 0 Å². The molecule has 5 heteroatoms. The molecule has 84 valence electrons. The van der Waals surface area contributed by atoms with Crippen LogP contribution in [0.5, 0.6) is 0 Å². The summed E-state index contributed by atoms with van der Waals surface area (Å²) in [4.78, 5) is 8.70. The summed E-state index contributed by atoms with van der Waals surface area (Å²) in [5, 5.41) is 5.09. The van der Waals surface area contributed by atoms with Crippen molar-refractivity contribution in [3.63, 3.8) is 0 Å². The fourth-order valence-corrected chi connectivity index (χ4v) is 1.29. The van der Waals surface area contributed by atoms with E-state index in [1.807, 2.05) is 33.0 Å². The van der Waals surface area contributed by atoms with E-state index < -0.39 is 0 Å². The smallest absolute Gasteiger partial charge is 0.149 e. The van der Waals surface area contributed by atoms with Crippen LogP contribution in [0.3, 0.4) is 0 Å². The summed E-state index contributed by atoms with van der Waals surface area (Å²) in [6.07, 6.45) is 0. The zero-order valence-corrected chi connectivity index (χ0v) is 10.0. The van der Waals surface area contributed by atoms with Crippen LogP contribution in [0.2, 0.25) is 0 Å². The minimum absolute atomic E-state index is 0.765. The molecule has 0 saturated heterocycles. The lowest BCUT2D eigenvalue weighted by Gasteiger charge is -2.17. The Balaban J connectivity index is 3.04. The summed E-state index contributed by atoms with van der Waals surface area (Å²) in [6, 6.07) is 0. The molecule has 1 rings (SSSR count). The van der Waals surface area contributed by atoms with Gasteiger partial charge in [-0.25, -0.2) is 15.0 Å². The molecule has 0 fully saturated rings. The Morgan fingerprint density at radius 2 is 1.73 bits per heavy atom. The van der Waals surface area contributed by atoms with Crippen molar-refractivity contribution in [2.24, 2.45) is 0 Å². The molecule has 0 bridgehead atoms. The van der Waals surface area contributed by atoms with Gasteiger partial charge in [-0.3, -0.25) is 0 Å². The van der Waals surface area contributed by atoms with Crippen molar-refractivity contribution < 1.29 is 0 Å². The maximum absolute atomic E-state index is 4.35. The average Bonchev–Trinajstić information content (AvgIpc) is 2.12. The third kappa shape index (κ3) is 3.06. The van der Waals surface area contributed by atoms with E-state index in [0.29, 0.717) is 0 Å². The first-order valence-electron chi connectivity index (χ1n) is 5.07. The second kappa shape index (κ2) is 4.93. The molecule has 0 spiro atoms. The Labute approximate surface area is 90.9 Å². The van der Waals surface area contributed by atoms with Crippen LogP contribution in [0.4, 0.5) is 11.6 Å². The van der Waals surface area contributed by atoms with Crippen molar-refractivity contribution in [1.82, 2.24) is 15.0 Å². The highest BCUT2D eigenvalue weighted by Crippen LogP contribution is 2.19. The molecule has 0 unspecified atom stereocenters. The zero-order chi connectivity index (χ0) is 11.4. The van der Waals surface area contributed by atoms with Gasteiger partial charge in [-0.05, 0) is 20.8 Å². The Morgan fingerprint density at radius 1 is 1.13 bits per heavy atom. The van der Waals surface area contributed by atoms with E-state index in [9.17, 15) is 0 Å². The first-order chi connectivity index (χ1) is 7.04. The Morgan fingerprint density at radius 3 is 2.27 bits per heavy atom. The SMILES string of the molecule is CCNc1nc(C)nc(NN(C)C)c1C. The normalized spacial score (nSPS) is 10.5. The fourth-order valence-electron chi connectivity index (χ4n) is 1.29. The maximum Gasteiger partial charge on any atom is 0.149 e. The largest absolute Gasteiger partial charge is 0.370 e. The molecule has 1 aromatic heterocycles. The molecule has 0 aliphatic rings. The zero-order valence-electron chi connectivity index (χ0n) is 10.0. The monoisotopic (exact) mass is 209 g/mol. The quantitative estimate of drug-likeness (QED) is 0.734. The molecule has 0 radical (unpaired) electrons. The van der Waals surface area contributed by atoms with Crippen LogP contribution >= 0.6 is 0 Å². The van der Waals surface area contributed by atoms with Crippen molar-refractivity contribution >= 4 is 11.6 Å². The summed E-state index contributed by atoms with van der Waals surface area (Å²) in [5.74, 6) is 2.51. The van der Waals surface area contributed by atoms with E-state index in [1.54, 1.807) is 0 Å². The summed E-state index contributed by atoms with van der Waals surface area (Å²) in [7, 11) is 3.87. The van der Waals surface area contributed by atoms with E-state index in [4.69, 9.17) is 0 Å². The van der Waals surface area contributed by atoms with Gasteiger partial charge in [0.15, 0.2) is 0 Å². The molecule has 0 aliphatic heterocycles. The minimum Gasteiger partial charge on any atom is -0.370 e. The molecule has 0 aliphatic carbocycles. The predicted molar refractivity (Wildman–Crippen MR) is 63.0 cm³/mol. The highest BCUT2D eigenvalue weighted by molar-refractivity contribution is 5.56. The highest BCUT2D eigenvalue weighted by Gasteiger charge is 2.08. The number of anilines is 2. The summed E-state index contributed by atoms with van der Waals surface area (Å²) in [5.41, 5.74) is 4.19. The Hall–Kier alpha value is -1.36. The van der Waals surface area contributed by atoms with Gasteiger partial charge in [0, 0.05) is 26.2 Å². The first kappa shape index (κ1) is 11.7. The van der Waals surface area contributed by atoms with E-state index >= 15 is 0 Å². The van der Waals surface area contributed by atoms with Gasteiger partial charge in [0.2, 0.25) is 0 Å². The summed E-state index contributed by atoms with van der Waals surface area (Å²) < 4.78 is 0. The number of aromatic nitrogens is 2. The second-order valence-electron chi connectivity index (χ2n) is 3.63. The minimum atomic E-state index is 0.765. The lowest BCUT2D eigenvalue weighted by molar-refractivity contribution is 0.491. The lowest BCUT2D eigenvalue weighted by Crippen LogP contribution is -2.22. The number of aryl methyl sites for hydroxylation is 1. The number of nitrogens with zero attached hydrogens (tertiary/aromatic N) is 3. The lowest BCUT2D eigenvalue weighted by atomic mass is 10.3. The molecule has 0 atom stereocenters. The van der Waals surface area contributed by atoms with Gasteiger partial charge >= 0.3 is 0 Å². The van der Waals surface area contributed by atoms with Crippen LogP contribution < -0.4 is 10.7 Å². The molecule has 0 saturated carbocycles. The molecule has 5 nitrogen and oxygen atoms in total. The van der Waals surface area contributed by atoms with E-state index in [0.717, 1.165) is 29.6 Å². The van der Waals surface area contributed by atoms with Crippen LogP contribution in [-0.2, 0) is 0 Å². The van der Waals surface area contributed by atoms with Crippen molar-refractivity contribution in [1.29, 1.82) is 0 Å². The highest BCUT2D eigenvalue weighted by atomic mass is 15.5. The Bertz CT molecular complexity index is 335. The number of rotatable bonds is 4. The van der Waals surface area contributed by atoms with Gasteiger partial charge in [0.05, 0.1) is 0 Å². The van der Waals surface area contributed by atoms with E-state index in [2.05, 4.69) is 27.6 Å². The third-order valence-corrected chi connectivity index (χ3v) is 1.93. The molecular weight excluding hydrogens is 190 g/mol. The van der Waals surface area contributed by atoms with Crippen molar-refractivity contribution in [2.45, 2.75) is 20.8 Å². The standard InChI is InChI=1S/C10H19N5/c1-6-11-9-7(2)10(14-15(4)5)13-8(3)12-9/h6H2,1-5H3,(H2,11,12,13,14). The van der Waals surface area contributed by atoms with Crippen LogP contribution in [0, 0.1) is 13.8 Å². The van der Waals surface area contributed by atoms with Crippen molar-refractivity contribution in [2.75, 3.05) is 31.4 Å². The fraction of sp³-hybridized carbons (Fsp3) is 0.600. The second-order valence-corrected chi connectivity index (χ2v) is 3.63. The van der Waals surface area contributed by atoms with Crippen LogP contribution in [0.15, 0.2) is 0 Å².